The Bertz CT molecular complexity index is 540. The van der Waals surface area contributed by atoms with Crippen LogP contribution in [0.2, 0.25) is 0 Å². The van der Waals surface area contributed by atoms with Gasteiger partial charge in [0.15, 0.2) is 0 Å². The van der Waals surface area contributed by atoms with Crippen LogP contribution in [0.15, 0.2) is 12.4 Å². The van der Waals surface area contributed by atoms with Crippen LogP contribution >= 0.6 is 0 Å². The first-order chi connectivity index (χ1) is 10.8. The molecule has 1 amide bonds. The van der Waals surface area contributed by atoms with Crippen molar-refractivity contribution >= 4 is 5.91 Å². The molecule has 2 atom stereocenters. The topological polar surface area (TPSA) is 58.1 Å². The van der Waals surface area contributed by atoms with E-state index in [9.17, 15) is 4.79 Å². The van der Waals surface area contributed by atoms with Gasteiger partial charge in [-0.25, -0.2) is 9.97 Å². The highest BCUT2D eigenvalue weighted by Gasteiger charge is 2.33. The highest BCUT2D eigenvalue weighted by Crippen LogP contribution is 2.37. The maximum Gasteiger partial charge on any atom is 0.257 e. The zero-order valence-corrected chi connectivity index (χ0v) is 13.0. The van der Waals surface area contributed by atoms with Gasteiger partial charge in [0.2, 0.25) is 0 Å². The zero-order valence-electron chi connectivity index (χ0n) is 13.0. The van der Waals surface area contributed by atoms with E-state index < -0.39 is 0 Å². The number of nitrogens with zero attached hydrogens (tertiary/aromatic N) is 3. The number of carbonyl (C=O) groups excluding carboxylic acids is 1. The Hall–Kier alpha value is -1.49. The summed E-state index contributed by atoms with van der Waals surface area (Å²) in [6, 6.07) is 0.597. The number of rotatable bonds is 2. The molecule has 0 bridgehead atoms. The van der Waals surface area contributed by atoms with Crippen molar-refractivity contribution in [3.63, 3.8) is 0 Å². The van der Waals surface area contributed by atoms with Crippen molar-refractivity contribution in [1.82, 2.24) is 20.2 Å². The molecule has 0 spiro atoms. The Morgan fingerprint density at radius 2 is 1.95 bits per heavy atom. The van der Waals surface area contributed by atoms with Gasteiger partial charge in [-0.3, -0.25) is 4.79 Å². The molecule has 2 aliphatic heterocycles. The van der Waals surface area contributed by atoms with Crippen molar-refractivity contribution in [2.75, 3.05) is 19.6 Å². The van der Waals surface area contributed by atoms with Crippen LogP contribution in [-0.4, -0.2) is 46.5 Å². The Balaban J connectivity index is 1.43. The van der Waals surface area contributed by atoms with Gasteiger partial charge in [0.05, 0.1) is 5.56 Å². The van der Waals surface area contributed by atoms with E-state index in [1.165, 1.54) is 32.1 Å². The van der Waals surface area contributed by atoms with Crippen molar-refractivity contribution < 1.29 is 4.79 Å². The van der Waals surface area contributed by atoms with Crippen molar-refractivity contribution in [3.8, 4) is 0 Å². The lowest BCUT2D eigenvalue weighted by atomic mass is 9.89. The van der Waals surface area contributed by atoms with E-state index >= 15 is 0 Å². The molecule has 1 N–H and O–H groups in total. The van der Waals surface area contributed by atoms with Gasteiger partial charge in [-0.1, -0.05) is 6.42 Å². The molecule has 1 aliphatic carbocycles. The summed E-state index contributed by atoms with van der Waals surface area (Å²) in [5.41, 5.74) is 0.643. The van der Waals surface area contributed by atoms with Crippen LogP contribution in [0.5, 0.6) is 0 Å². The predicted octanol–water partition coefficient (Wildman–Crippen LogP) is 1.96. The minimum Gasteiger partial charge on any atom is -0.338 e. The van der Waals surface area contributed by atoms with Crippen LogP contribution in [-0.2, 0) is 0 Å². The van der Waals surface area contributed by atoms with Gasteiger partial charge in [0, 0.05) is 37.4 Å². The lowest BCUT2D eigenvalue weighted by molar-refractivity contribution is 0.0630. The normalized spacial score (nSPS) is 28.8. The van der Waals surface area contributed by atoms with Gasteiger partial charge < -0.3 is 10.2 Å². The minimum atomic E-state index is 0.102. The second-order valence-corrected chi connectivity index (χ2v) is 6.96. The number of likely N-dealkylation sites (tertiary alicyclic amines) is 1. The monoisotopic (exact) mass is 300 g/mol. The maximum atomic E-state index is 12.7. The number of fused-ring (bicyclic) bond motifs is 1. The van der Waals surface area contributed by atoms with Crippen LogP contribution in [0.1, 0.15) is 60.6 Å². The molecule has 1 aromatic heterocycles. The molecular weight excluding hydrogens is 276 g/mol. The van der Waals surface area contributed by atoms with Gasteiger partial charge in [-0.15, -0.1) is 0 Å². The molecule has 22 heavy (non-hydrogen) atoms. The number of aromatic nitrogens is 2. The molecule has 5 heteroatoms. The van der Waals surface area contributed by atoms with E-state index in [1.54, 1.807) is 12.4 Å². The van der Waals surface area contributed by atoms with Crippen LogP contribution in [0.25, 0.3) is 0 Å². The fourth-order valence-electron chi connectivity index (χ4n) is 3.78. The van der Waals surface area contributed by atoms with Crippen molar-refractivity contribution in [2.24, 2.45) is 5.92 Å². The first kappa shape index (κ1) is 14.1. The molecule has 2 saturated heterocycles. The molecule has 118 valence electrons. The van der Waals surface area contributed by atoms with E-state index in [1.807, 2.05) is 4.90 Å². The van der Waals surface area contributed by atoms with Gasteiger partial charge in [0.25, 0.3) is 5.91 Å². The third kappa shape index (κ3) is 2.86. The molecule has 3 aliphatic rings. The third-order valence-electron chi connectivity index (χ3n) is 5.29. The summed E-state index contributed by atoms with van der Waals surface area (Å²) in [6.07, 6.45) is 10.7. The number of hydrogen-bond donors (Lipinski definition) is 1. The number of piperidine rings is 1. The van der Waals surface area contributed by atoms with E-state index in [0.29, 0.717) is 23.4 Å². The van der Waals surface area contributed by atoms with E-state index in [4.69, 9.17) is 0 Å². The number of nitrogens with one attached hydrogen (secondary N) is 1. The third-order valence-corrected chi connectivity index (χ3v) is 5.29. The van der Waals surface area contributed by atoms with Gasteiger partial charge in [0.1, 0.15) is 5.82 Å². The van der Waals surface area contributed by atoms with Crippen molar-refractivity contribution in [2.45, 2.75) is 50.5 Å². The number of amides is 1. The summed E-state index contributed by atoms with van der Waals surface area (Å²) in [5, 5.41) is 3.65. The van der Waals surface area contributed by atoms with E-state index in [-0.39, 0.29) is 5.91 Å². The molecule has 1 aromatic rings. The minimum absolute atomic E-state index is 0.102. The van der Waals surface area contributed by atoms with Crippen LogP contribution < -0.4 is 5.32 Å². The SMILES string of the molecule is O=C(c1cnc(C2CC2)nc1)N1CC[C@H]2NCCCC[C@H]2C1. The summed E-state index contributed by atoms with van der Waals surface area (Å²) in [6.45, 7) is 2.85. The Morgan fingerprint density at radius 1 is 1.14 bits per heavy atom. The Labute approximate surface area is 131 Å². The number of hydrogen-bond acceptors (Lipinski definition) is 4. The average molecular weight is 300 g/mol. The molecule has 0 radical (unpaired) electrons. The van der Waals surface area contributed by atoms with Gasteiger partial charge in [-0.2, -0.15) is 0 Å². The summed E-state index contributed by atoms with van der Waals surface area (Å²) < 4.78 is 0. The summed E-state index contributed by atoms with van der Waals surface area (Å²) in [7, 11) is 0. The van der Waals surface area contributed by atoms with Crippen LogP contribution in [0.3, 0.4) is 0 Å². The largest absolute Gasteiger partial charge is 0.338 e. The second-order valence-electron chi connectivity index (χ2n) is 6.96. The molecule has 1 saturated carbocycles. The summed E-state index contributed by atoms with van der Waals surface area (Å²) >= 11 is 0. The molecule has 3 heterocycles. The fraction of sp³-hybridized carbons (Fsp3) is 0.706. The standard InChI is InChI=1S/C17H24N4O/c22-17(14-9-19-16(20-10-14)12-4-5-12)21-8-6-15-13(11-21)3-1-2-7-18-15/h9-10,12-13,15,18H,1-8,11H2/t13-,15+/m0/s1. The average Bonchev–Trinajstić information content (AvgIpc) is 3.40. The van der Waals surface area contributed by atoms with Crippen LogP contribution in [0, 0.1) is 5.92 Å². The van der Waals surface area contributed by atoms with Crippen molar-refractivity contribution in [1.29, 1.82) is 0 Å². The fourth-order valence-corrected chi connectivity index (χ4v) is 3.78. The smallest absolute Gasteiger partial charge is 0.257 e. The Morgan fingerprint density at radius 3 is 2.73 bits per heavy atom. The lowest BCUT2D eigenvalue weighted by Crippen LogP contribution is -2.50. The van der Waals surface area contributed by atoms with Gasteiger partial charge in [-0.05, 0) is 44.6 Å². The molecule has 5 nitrogen and oxygen atoms in total. The van der Waals surface area contributed by atoms with Gasteiger partial charge >= 0.3 is 0 Å². The summed E-state index contributed by atoms with van der Waals surface area (Å²) in [4.78, 5) is 23.5. The quantitative estimate of drug-likeness (QED) is 0.907. The first-order valence-electron chi connectivity index (χ1n) is 8.66. The lowest BCUT2D eigenvalue weighted by Gasteiger charge is -2.38. The highest BCUT2D eigenvalue weighted by atomic mass is 16.2. The zero-order chi connectivity index (χ0) is 14.9. The second kappa shape index (κ2) is 5.95. The maximum absolute atomic E-state index is 12.7. The molecule has 0 aromatic carbocycles. The van der Waals surface area contributed by atoms with Crippen molar-refractivity contribution in [3.05, 3.63) is 23.8 Å². The molecule has 4 rings (SSSR count). The highest BCUT2D eigenvalue weighted by molar-refractivity contribution is 5.93. The van der Waals surface area contributed by atoms with Crippen LogP contribution in [0.4, 0.5) is 0 Å². The number of carbonyl (C=O) groups is 1. The predicted molar refractivity (Wildman–Crippen MR) is 83.7 cm³/mol. The summed E-state index contributed by atoms with van der Waals surface area (Å²) in [5.74, 6) is 2.15. The molecule has 0 unspecified atom stereocenters. The first-order valence-corrected chi connectivity index (χ1v) is 8.66. The molecule has 3 fully saturated rings. The Kier molecular flexibility index (Phi) is 3.82. The van der Waals surface area contributed by atoms with E-state index in [0.717, 1.165) is 31.9 Å². The molecular formula is C17H24N4O. The van der Waals surface area contributed by atoms with E-state index in [2.05, 4.69) is 15.3 Å².